The van der Waals surface area contributed by atoms with Gasteiger partial charge in [-0.3, -0.25) is 0 Å². The second kappa shape index (κ2) is 34.8. The fourth-order valence-corrected chi connectivity index (χ4v) is 7.80. The number of benzene rings is 1. The van der Waals surface area contributed by atoms with E-state index in [0.717, 1.165) is 38.5 Å². The lowest BCUT2D eigenvalue weighted by molar-refractivity contribution is 0.0450. The Balaban J connectivity index is 2.24. The fraction of sp³-hybridized carbons (Fsp3) is 0.818. The first-order valence-electron chi connectivity index (χ1n) is 21.6. The third-order valence-corrected chi connectivity index (χ3v) is 11.9. The number of ether oxygens (including phenoxy) is 2. The van der Waals surface area contributed by atoms with Crippen LogP contribution in [0.15, 0.2) is 0 Å². The van der Waals surface area contributed by atoms with E-state index in [1.54, 1.807) is 0 Å². The summed E-state index contributed by atoms with van der Waals surface area (Å²) in [7, 11) is 0. The highest BCUT2D eigenvalue weighted by atomic mass is 35.5. The van der Waals surface area contributed by atoms with Crippen molar-refractivity contribution in [2.45, 2.75) is 219 Å². The van der Waals surface area contributed by atoms with Crippen molar-refractivity contribution in [1.29, 1.82) is 0 Å². The van der Waals surface area contributed by atoms with Crippen molar-refractivity contribution in [1.82, 2.24) is 0 Å². The van der Waals surface area contributed by atoms with E-state index < -0.39 is 11.9 Å². The summed E-state index contributed by atoms with van der Waals surface area (Å²) in [5.74, 6) is -1.50. The van der Waals surface area contributed by atoms with Crippen LogP contribution in [0.25, 0.3) is 0 Å². The molecule has 0 unspecified atom stereocenters. The number of hydrogen-bond acceptors (Lipinski definition) is 4. The standard InChI is InChI=1S/C44H74Cl4O4/c1-3-5-7-9-11-13-15-17-19-21-23-25-27-29-31-33-35-51-43(49)37-38(40(46)42(48)41(47)39(37)45)44(50)52-36-34-32-30-28-26-24-22-20-18-16-14-12-10-8-6-4-2/h3-36H2,1-2H3. The van der Waals surface area contributed by atoms with Crippen LogP contribution in [0.4, 0.5) is 0 Å². The highest BCUT2D eigenvalue weighted by Crippen LogP contribution is 2.42. The Labute approximate surface area is 339 Å². The minimum atomic E-state index is -0.749. The van der Waals surface area contributed by atoms with E-state index in [2.05, 4.69) is 13.8 Å². The lowest BCUT2D eigenvalue weighted by atomic mass is 10.0. The normalized spacial score (nSPS) is 11.3. The summed E-state index contributed by atoms with van der Waals surface area (Å²) in [5, 5.41) is -0.473. The van der Waals surface area contributed by atoms with Gasteiger partial charge in [0.2, 0.25) is 0 Å². The third kappa shape index (κ3) is 24.0. The van der Waals surface area contributed by atoms with E-state index >= 15 is 0 Å². The van der Waals surface area contributed by atoms with Gasteiger partial charge in [0.05, 0.1) is 44.4 Å². The topological polar surface area (TPSA) is 52.6 Å². The zero-order valence-electron chi connectivity index (χ0n) is 33.2. The molecule has 4 nitrogen and oxygen atoms in total. The molecule has 0 atom stereocenters. The molecule has 0 bridgehead atoms. The average Bonchev–Trinajstić information content (AvgIpc) is 3.14. The van der Waals surface area contributed by atoms with Crippen LogP contribution in [-0.4, -0.2) is 25.2 Å². The van der Waals surface area contributed by atoms with Crippen molar-refractivity contribution in [2.75, 3.05) is 13.2 Å². The Morgan fingerprint density at radius 1 is 0.327 bits per heavy atom. The summed E-state index contributed by atoms with van der Waals surface area (Å²) in [4.78, 5) is 26.3. The van der Waals surface area contributed by atoms with Gasteiger partial charge in [0.15, 0.2) is 0 Å². The first-order chi connectivity index (χ1) is 25.4. The highest BCUT2D eigenvalue weighted by molar-refractivity contribution is 6.54. The maximum atomic E-state index is 13.1. The number of hydrogen-bond donors (Lipinski definition) is 0. The van der Waals surface area contributed by atoms with Crippen molar-refractivity contribution in [3.8, 4) is 0 Å². The summed E-state index contributed by atoms with van der Waals surface area (Å²) in [5.41, 5.74) is -0.371. The molecule has 0 aromatic heterocycles. The van der Waals surface area contributed by atoms with Gasteiger partial charge in [-0.15, -0.1) is 0 Å². The Hall–Kier alpha value is -0.680. The van der Waals surface area contributed by atoms with Gasteiger partial charge in [-0.1, -0.05) is 253 Å². The summed E-state index contributed by atoms with van der Waals surface area (Å²) in [6.45, 7) is 4.98. The highest BCUT2D eigenvalue weighted by Gasteiger charge is 2.30. The number of carbonyl (C=O) groups excluding carboxylic acids is 2. The van der Waals surface area contributed by atoms with Crippen molar-refractivity contribution in [3.05, 3.63) is 31.2 Å². The molecule has 0 N–H and O–H groups in total. The van der Waals surface area contributed by atoms with Crippen LogP contribution in [0, 0.1) is 0 Å². The Morgan fingerprint density at radius 2 is 0.519 bits per heavy atom. The zero-order chi connectivity index (χ0) is 38.1. The number of rotatable bonds is 36. The average molecular weight is 809 g/mol. The molecule has 0 aliphatic rings. The Morgan fingerprint density at radius 3 is 0.731 bits per heavy atom. The predicted molar refractivity (Wildman–Crippen MR) is 226 cm³/mol. The van der Waals surface area contributed by atoms with Crippen molar-refractivity contribution >= 4 is 58.3 Å². The maximum Gasteiger partial charge on any atom is 0.340 e. The minimum absolute atomic E-state index is 0.0861. The molecule has 0 aliphatic heterocycles. The molecule has 0 saturated carbocycles. The molecule has 0 saturated heterocycles. The largest absolute Gasteiger partial charge is 0.462 e. The maximum absolute atomic E-state index is 13.1. The van der Waals surface area contributed by atoms with Gasteiger partial charge in [-0.05, 0) is 12.8 Å². The third-order valence-electron chi connectivity index (χ3n) is 10.1. The van der Waals surface area contributed by atoms with Gasteiger partial charge < -0.3 is 9.47 Å². The number of carbonyl (C=O) groups is 2. The first kappa shape index (κ1) is 49.3. The van der Waals surface area contributed by atoms with Crippen molar-refractivity contribution in [2.24, 2.45) is 0 Å². The van der Waals surface area contributed by atoms with Crippen LogP contribution in [0.3, 0.4) is 0 Å². The van der Waals surface area contributed by atoms with Crippen LogP contribution in [0.2, 0.25) is 20.1 Å². The van der Waals surface area contributed by atoms with E-state index in [1.807, 2.05) is 0 Å². The molecule has 1 aromatic rings. The minimum Gasteiger partial charge on any atom is -0.462 e. The van der Waals surface area contributed by atoms with Crippen LogP contribution in [0.5, 0.6) is 0 Å². The summed E-state index contributed by atoms with van der Waals surface area (Å²) in [6, 6.07) is 0. The SMILES string of the molecule is CCCCCCCCCCCCCCCCCCOC(=O)c1c(Cl)c(Cl)c(Cl)c(Cl)c1C(=O)OCCCCCCCCCCCCCCCCCC. The zero-order valence-corrected chi connectivity index (χ0v) is 36.2. The lowest BCUT2D eigenvalue weighted by Gasteiger charge is -2.15. The monoisotopic (exact) mass is 806 g/mol. The molecule has 0 fully saturated rings. The molecule has 1 rings (SSSR count). The molecule has 1 aromatic carbocycles. The van der Waals surface area contributed by atoms with E-state index in [9.17, 15) is 9.59 Å². The quantitative estimate of drug-likeness (QED) is 0.0293. The molecule has 52 heavy (non-hydrogen) atoms. The summed E-state index contributed by atoms with van der Waals surface area (Å²) >= 11 is 25.4. The first-order valence-corrected chi connectivity index (χ1v) is 23.1. The van der Waals surface area contributed by atoms with Gasteiger partial charge in [0, 0.05) is 0 Å². The van der Waals surface area contributed by atoms with Gasteiger partial charge >= 0.3 is 11.9 Å². The van der Waals surface area contributed by atoms with Gasteiger partial charge in [-0.25, -0.2) is 9.59 Å². The van der Waals surface area contributed by atoms with Gasteiger partial charge in [0.25, 0.3) is 0 Å². The molecule has 0 spiro atoms. The van der Waals surface area contributed by atoms with Crippen LogP contribution in [-0.2, 0) is 9.47 Å². The van der Waals surface area contributed by atoms with Crippen molar-refractivity contribution in [3.63, 3.8) is 0 Å². The van der Waals surface area contributed by atoms with Crippen LogP contribution < -0.4 is 0 Å². The molecular weight excluding hydrogens is 734 g/mol. The number of esters is 2. The molecule has 0 heterocycles. The molecule has 0 aliphatic carbocycles. The Bertz CT molecular complexity index is 967. The summed E-state index contributed by atoms with van der Waals surface area (Å²) < 4.78 is 11.0. The second-order valence-corrected chi connectivity index (χ2v) is 16.4. The smallest absolute Gasteiger partial charge is 0.340 e. The predicted octanol–water partition coefficient (Wildman–Crippen LogP) is 17.1. The van der Waals surface area contributed by atoms with E-state index in [0.29, 0.717) is 0 Å². The molecule has 302 valence electrons. The van der Waals surface area contributed by atoms with Gasteiger partial charge in [-0.2, -0.15) is 0 Å². The van der Waals surface area contributed by atoms with E-state index in [-0.39, 0.29) is 44.4 Å². The molecular formula is C44H74Cl4O4. The fourth-order valence-electron chi connectivity index (χ4n) is 6.79. The van der Waals surface area contributed by atoms with Crippen LogP contribution >= 0.6 is 46.4 Å². The second-order valence-electron chi connectivity index (χ2n) is 14.9. The number of unbranched alkanes of at least 4 members (excludes halogenated alkanes) is 30. The molecule has 0 radical (unpaired) electrons. The van der Waals surface area contributed by atoms with E-state index in [4.69, 9.17) is 55.9 Å². The van der Waals surface area contributed by atoms with Gasteiger partial charge in [0.1, 0.15) is 0 Å². The molecule has 0 amide bonds. The molecule has 8 heteroatoms. The van der Waals surface area contributed by atoms with E-state index in [1.165, 1.54) is 167 Å². The van der Waals surface area contributed by atoms with Crippen LogP contribution in [0.1, 0.15) is 240 Å². The van der Waals surface area contributed by atoms with Crippen molar-refractivity contribution < 1.29 is 19.1 Å². The lowest BCUT2D eigenvalue weighted by Crippen LogP contribution is -2.17. The Kier molecular flexibility index (Phi) is 33.0. The number of halogens is 4. The summed E-state index contributed by atoms with van der Waals surface area (Å²) in [6.07, 6.45) is 40.5.